The van der Waals surface area contributed by atoms with Gasteiger partial charge in [0.15, 0.2) is 17.5 Å². The summed E-state index contributed by atoms with van der Waals surface area (Å²) in [5.74, 6) is -4.64. The largest absolute Gasteiger partial charge is 0.322 e. The van der Waals surface area contributed by atoms with E-state index in [4.69, 9.17) is 0 Å². The van der Waals surface area contributed by atoms with Gasteiger partial charge in [0.2, 0.25) is 5.91 Å². The van der Waals surface area contributed by atoms with Crippen LogP contribution in [0.25, 0.3) is 0 Å². The molecule has 0 bridgehead atoms. The molecular formula is C14H17F3N2O. The lowest BCUT2D eigenvalue weighted by molar-refractivity contribution is -0.121. The molecule has 1 saturated heterocycles. The number of anilines is 1. The third-order valence-electron chi connectivity index (χ3n) is 3.61. The van der Waals surface area contributed by atoms with Gasteiger partial charge >= 0.3 is 0 Å². The molecule has 0 saturated carbocycles. The maximum absolute atomic E-state index is 13.5. The molecule has 0 unspecified atom stereocenters. The van der Waals surface area contributed by atoms with Crippen molar-refractivity contribution in [2.45, 2.75) is 32.2 Å². The minimum atomic E-state index is -1.58. The number of carbonyl (C=O) groups is 1. The summed E-state index contributed by atoms with van der Waals surface area (Å²) in [6, 6.07) is 1.39. The van der Waals surface area contributed by atoms with E-state index in [1.165, 1.54) is 0 Å². The highest BCUT2D eigenvalue weighted by molar-refractivity contribution is 5.94. The summed E-state index contributed by atoms with van der Waals surface area (Å²) in [4.78, 5) is 14.0. The normalized spacial score (nSPS) is 17.8. The fourth-order valence-corrected chi connectivity index (χ4v) is 2.33. The Bertz CT molecular complexity index is 501. The quantitative estimate of drug-likeness (QED) is 0.867. The number of piperidine rings is 1. The van der Waals surface area contributed by atoms with Crippen LogP contribution in [0.2, 0.25) is 0 Å². The molecule has 1 aliphatic rings. The van der Waals surface area contributed by atoms with Gasteiger partial charge in [0.1, 0.15) is 0 Å². The van der Waals surface area contributed by atoms with E-state index in [1.807, 2.05) is 4.90 Å². The average Bonchev–Trinajstić information content (AvgIpc) is 2.48. The van der Waals surface area contributed by atoms with E-state index in [0.29, 0.717) is 0 Å². The molecule has 2 rings (SSSR count). The second-order valence-electron chi connectivity index (χ2n) is 4.98. The Hall–Kier alpha value is -1.56. The molecule has 1 atom stereocenters. The van der Waals surface area contributed by atoms with E-state index in [0.717, 1.165) is 44.5 Å². The number of hydrogen-bond acceptors (Lipinski definition) is 2. The second-order valence-corrected chi connectivity index (χ2v) is 4.98. The predicted octanol–water partition coefficient (Wildman–Crippen LogP) is 2.92. The zero-order valence-electron chi connectivity index (χ0n) is 11.3. The van der Waals surface area contributed by atoms with Gasteiger partial charge in [0.25, 0.3) is 0 Å². The van der Waals surface area contributed by atoms with Crippen LogP contribution in [0.3, 0.4) is 0 Å². The van der Waals surface area contributed by atoms with Crippen molar-refractivity contribution in [1.82, 2.24) is 4.90 Å². The summed E-state index contributed by atoms with van der Waals surface area (Å²) < 4.78 is 39.4. The average molecular weight is 286 g/mol. The van der Waals surface area contributed by atoms with Gasteiger partial charge in [0.05, 0.1) is 11.7 Å². The van der Waals surface area contributed by atoms with Crippen molar-refractivity contribution in [1.29, 1.82) is 0 Å². The zero-order valence-corrected chi connectivity index (χ0v) is 11.3. The number of carbonyl (C=O) groups excluding carboxylic acids is 1. The van der Waals surface area contributed by atoms with Crippen molar-refractivity contribution in [2.75, 3.05) is 18.4 Å². The Labute approximate surface area is 115 Å². The van der Waals surface area contributed by atoms with E-state index >= 15 is 0 Å². The van der Waals surface area contributed by atoms with Crippen LogP contribution in [-0.2, 0) is 4.79 Å². The molecule has 1 amide bonds. The molecule has 1 aromatic carbocycles. The van der Waals surface area contributed by atoms with Gasteiger partial charge in [-0.2, -0.15) is 0 Å². The highest BCUT2D eigenvalue weighted by Gasteiger charge is 2.24. The van der Waals surface area contributed by atoms with Gasteiger partial charge in [-0.1, -0.05) is 6.42 Å². The summed E-state index contributed by atoms with van der Waals surface area (Å²) in [6.07, 6.45) is 3.19. The van der Waals surface area contributed by atoms with E-state index in [9.17, 15) is 18.0 Å². The van der Waals surface area contributed by atoms with E-state index in [-0.39, 0.29) is 5.69 Å². The van der Waals surface area contributed by atoms with Gasteiger partial charge in [0, 0.05) is 0 Å². The Morgan fingerprint density at radius 3 is 2.45 bits per heavy atom. The molecule has 0 radical (unpaired) electrons. The van der Waals surface area contributed by atoms with Crippen LogP contribution < -0.4 is 5.32 Å². The molecular weight excluding hydrogens is 269 g/mol. The highest BCUT2D eigenvalue weighted by atomic mass is 19.2. The number of nitrogens with one attached hydrogen (secondary N) is 1. The first-order valence-corrected chi connectivity index (χ1v) is 6.69. The third-order valence-corrected chi connectivity index (χ3v) is 3.61. The van der Waals surface area contributed by atoms with Gasteiger partial charge in [-0.15, -0.1) is 0 Å². The van der Waals surface area contributed by atoms with Gasteiger partial charge in [-0.3, -0.25) is 9.69 Å². The summed E-state index contributed by atoms with van der Waals surface area (Å²) in [5, 5.41) is 2.31. The molecule has 20 heavy (non-hydrogen) atoms. The van der Waals surface area contributed by atoms with Gasteiger partial charge in [-0.25, -0.2) is 13.2 Å². The van der Waals surface area contributed by atoms with Crippen molar-refractivity contribution in [3.8, 4) is 0 Å². The molecule has 1 aromatic rings. The molecule has 1 heterocycles. The van der Waals surface area contributed by atoms with Crippen molar-refractivity contribution in [3.63, 3.8) is 0 Å². The van der Waals surface area contributed by atoms with E-state index < -0.39 is 29.4 Å². The van der Waals surface area contributed by atoms with Crippen LogP contribution >= 0.6 is 0 Å². The van der Waals surface area contributed by atoms with Gasteiger partial charge < -0.3 is 5.32 Å². The summed E-state index contributed by atoms with van der Waals surface area (Å²) in [7, 11) is 0. The smallest absolute Gasteiger partial charge is 0.241 e. The fourth-order valence-electron chi connectivity index (χ4n) is 2.33. The SMILES string of the molecule is C[C@@H](C(=O)Nc1ccc(F)c(F)c1F)N1CCCCC1. The first-order valence-electron chi connectivity index (χ1n) is 6.69. The lowest BCUT2D eigenvalue weighted by Gasteiger charge is -2.31. The van der Waals surface area contributed by atoms with E-state index in [1.54, 1.807) is 6.92 Å². The molecule has 3 nitrogen and oxygen atoms in total. The molecule has 1 fully saturated rings. The van der Waals surface area contributed by atoms with Crippen LogP contribution in [0.15, 0.2) is 12.1 Å². The number of hydrogen-bond donors (Lipinski definition) is 1. The minimum absolute atomic E-state index is 0.335. The standard InChI is InChI=1S/C14H17F3N2O/c1-9(19-7-3-2-4-8-19)14(20)18-11-6-5-10(15)12(16)13(11)17/h5-6,9H,2-4,7-8H2,1H3,(H,18,20)/t9-/m0/s1. The number of amides is 1. The second kappa shape index (κ2) is 6.26. The first-order chi connectivity index (χ1) is 9.50. The van der Waals surface area contributed by atoms with E-state index in [2.05, 4.69) is 5.32 Å². The predicted molar refractivity (Wildman–Crippen MR) is 69.8 cm³/mol. The number of likely N-dealkylation sites (tertiary alicyclic amines) is 1. The summed E-state index contributed by atoms with van der Waals surface area (Å²) >= 11 is 0. The van der Waals surface area contributed by atoms with Crippen molar-refractivity contribution < 1.29 is 18.0 Å². The number of benzene rings is 1. The zero-order chi connectivity index (χ0) is 14.7. The number of nitrogens with zero attached hydrogens (tertiary/aromatic N) is 1. The molecule has 110 valence electrons. The van der Waals surface area contributed by atoms with Crippen LogP contribution in [0.1, 0.15) is 26.2 Å². The lowest BCUT2D eigenvalue weighted by atomic mass is 10.1. The summed E-state index contributed by atoms with van der Waals surface area (Å²) in [6.45, 7) is 3.35. The Kier molecular flexibility index (Phi) is 4.65. The maximum atomic E-state index is 13.5. The van der Waals surface area contributed by atoms with Crippen LogP contribution in [0.5, 0.6) is 0 Å². The maximum Gasteiger partial charge on any atom is 0.241 e. The third kappa shape index (κ3) is 3.12. The number of rotatable bonds is 3. The Morgan fingerprint density at radius 1 is 1.15 bits per heavy atom. The molecule has 0 aliphatic carbocycles. The monoisotopic (exact) mass is 286 g/mol. The topological polar surface area (TPSA) is 32.3 Å². The van der Waals surface area contributed by atoms with Crippen molar-refractivity contribution >= 4 is 11.6 Å². The summed E-state index contributed by atoms with van der Waals surface area (Å²) in [5.41, 5.74) is -0.335. The molecule has 6 heteroatoms. The first kappa shape index (κ1) is 14.8. The van der Waals surface area contributed by atoms with Gasteiger partial charge in [-0.05, 0) is 45.0 Å². The van der Waals surface area contributed by atoms with Crippen LogP contribution in [0, 0.1) is 17.5 Å². The molecule has 1 N–H and O–H groups in total. The fraction of sp³-hybridized carbons (Fsp3) is 0.500. The molecule has 0 spiro atoms. The highest BCUT2D eigenvalue weighted by Crippen LogP contribution is 2.20. The van der Waals surface area contributed by atoms with Crippen LogP contribution in [-0.4, -0.2) is 29.9 Å². The lowest BCUT2D eigenvalue weighted by Crippen LogP contribution is -2.44. The number of halogens is 3. The Balaban J connectivity index is 2.05. The van der Waals surface area contributed by atoms with Crippen molar-refractivity contribution in [3.05, 3.63) is 29.6 Å². The Morgan fingerprint density at radius 2 is 1.80 bits per heavy atom. The van der Waals surface area contributed by atoms with Crippen LogP contribution in [0.4, 0.5) is 18.9 Å². The molecule has 0 aromatic heterocycles. The minimum Gasteiger partial charge on any atom is -0.322 e. The molecule has 1 aliphatic heterocycles. The van der Waals surface area contributed by atoms with Crippen molar-refractivity contribution in [2.24, 2.45) is 0 Å².